The van der Waals surface area contributed by atoms with Gasteiger partial charge in [0.15, 0.2) is 0 Å². The second kappa shape index (κ2) is 7.63. The maximum Gasteiger partial charge on any atom is 0.314 e. The fourth-order valence-corrected chi connectivity index (χ4v) is 2.42. The van der Waals surface area contributed by atoms with Gasteiger partial charge >= 0.3 is 6.03 Å². The first-order chi connectivity index (χ1) is 10.6. The van der Waals surface area contributed by atoms with E-state index in [1.807, 2.05) is 42.5 Å². The number of hydrogen-bond donors (Lipinski definition) is 2. The predicted octanol–water partition coefficient (Wildman–Crippen LogP) is 1.17. The van der Waals surface area contributed by atoms with E-state index >= 15 is 0 Å². The van der Waals surface area contributed by atoms with Crippen molar-refractivity contribution in [3.05, 3.63) is 35.4 Å². The monoisotopic (exact) mass is 304 g/mol. The van der Waals surface area contributed by atoms with Crippen LogP contribution in [0.1, 0.15) is 23.4 Å². The lowest BCUT2D eigenvalue weighted by Gasteiger charge is -2.08. The highest BCUT2D eigenvalue weighted by Crippen LogP contribution is 2.11. The van der Waals surface area contributed by atoms with Crippen molar-refractivity contribution >= 4 is 6.03 Å². The summed E-state index contributed by atoms with van der Waals surface area (Å²) in [6.45, 7) is 6.10. The van der Waals surface area contributed by atoms with Gasteiger partial charge in [0.25, 0.3) is 0 Å². The fraction of sp³-hybridized carbons (Fsp3) is 0.533. The Morgan fingerprint density at radius 1 is 1.27 bits per heavy atom. The van der Waals surface area contributed by atoms with Crippen LogP contribution in [0.25, 0.3) is 0 Å². The van der Waals surface area contributed by atoms with Gasteiger partial charge in [-0.3, -0.25) is 9.36 Å². The zero-order valence-electron chi connectivity index (χ0n) is 13.5. The summed E-state index contributed by atoms with van der Waals surface area (Å²) >= 11 is 0. The van der Waals surface area contributed by atoms with Crippen LogP contribution in [0.15, 0.2) is 18.5 Å². The number of nitrogens with zero attached hydrogens (tertiary/aromatic N) is 4. The molecule has 2 N–H and O–H groups in total. The largest absolute Gasteiger partial charge is 0.338 e. The van der Waals surface area contributed by atoms with Crippen LogP contribution in [0.2, 0.25) is 0 Å². The van der Waals surface area contributed by atoms with Gasteiger partial charge in [-0.25, -0.2) is 4.79 Å². The Morgan fingerprint density at radius 3 is 2.68 bits per heavy atom. The maximum absolute atomic E-state index is 11.7. The average molecular weight is 304 g/mol. The molecule has 2 aromatic heterocycles. The van der Waals surface area contributed by atoms with Crippen LogP contribution in [0, 0.1) is 13.8 Å². The lowest BCUT2D eigenvalue weighted by atomic mass is 10.1. The Bertz CT molecular complexity index is 602. The normalized spacial score (nSPS) is 10.7. The van der Waals surface area contributed by atoms with Crippen LogP contribution >= 0.6 is 0 Å². The molecule has 0 aliphatic carbocycles. The molecule has 0 atom stereocenters. The number of amides is 2. The first kappa shape index (κ1) is 16.1. The molecule has 2 amide bonds. The molecule has 0 aliphatic rings. The molecule has 0 fully saturated rings. The second-order valence-corrected chi connectivity index (χ2v) is 5.33. The highest BCUT2D eigenvalue weighted by atomic mass is 16.2. The van der Waals surface area contributed by atoms with Gasteiger partial charge in [0, 0.05) is 44.8 Å². The summed E-state index contributed by atoms with van der Waals surface area (Å²) in [5, 5.41) is 14.2. The Balaban J connectivity index is 1.61. The number of aryl methyl sites for hydroxylation is 3. The lowest BCUT2D eigenvalue weighted by Crippen LogP contribution is -2.37. The molecule has 0 aliphatic heterocycles. The molecule has 7 heteroatoms. The maximum atomic E-state index is 11.7. The molecular formula is C15H24N6O. The Labute approximate surface area is 130 Å². The van der Waals surface area contributed by atoms with Crippen molar-refractivity contribution in [3.8, 4) is 0 Å². The van der Waals surface area contributed by atoms with Crippen molar-refractivity contribution in [2.75, 3.05) is 13.1 Å². The smallest absolute Gasteiger partial charge is 0.314 e. The molecule has 0 unspecified atom stereocenters. The van der Waals surface area contributed by atoms with Gasteiger partial charge in [0.05, 0.1) is 5.69 Å². The van der Waals surface area contributed by atoms with E-state index in [1.54, 1.807) is 6.20 Å². The van der Waals surface area contributed by atoms with Crippen molar-refractivity contribution in [2.45, 2.75) is 33.2 Å². The van der Waals surface area contributed by atoms with Crippen molar-refractivity contribution in [3.63, 3.8) is 0 Å². The van der Waals surface area contributed by atoms with Crippen molar-refractivity contribution < 1.29 is 4.79 Å². The van der Waals surface area contributed by atoms with Crippen LogP contribution in [0.5, 0.6) is 0 Å². The Morgan fingerprint density at radius 2 is 2.05 bits per heavy atom. The van der Waals surface area contributed by atoms with Gasteiger partial charge in [-0.05, 0) is 38.3 Å². The summed E-state index contributed by atoms with van der Waals surface area (Å²) in [5.74, 6) is 0. The molecule has 0 aromatic carbocycles. The minimum Gasteiger partial charge on any atom is -0.338 e. The highest BCUT2D eigenvalue weighted by molar-refractivity contribution is 5.73. The predicted molar refractivity (Wildman–Crippen MR) is 84.6 cm³/mol. The number of aromatic nitrogens is 4. The SMILES string of the molecule is Cc1nn(C)c(C)c1CCNC(=O)NCCCn1cccn1. The molecule has 2 rings (SSSR count). The molecule has 2 heterocycles. The first-order valence-corrected chi connectivity index (χ1v) is 7.56. The molecule has 0 radical (unpaired) electrons. The molecule has 0 saturated carbocycles. The van der Waals surface area contributed by atoms with E-state index in [9.17, 15) is 4.79 Å². The van der Waals surface area contributed by atoms with E-state index in [-0.39, 0.29) is 6.03 Å². The Hall–Kier alpha value is -2.31. The summed E-state index contributed by atoms with van der Waals surface area (Å²) in [6.07, 6.45) is 5.32. The van der Waals surface area contributed by atoms with E-state index < -0.39 is 0 Å². The van der Waals surface area contributed by atoms with Crippen LogP contribution < -0.4 is 10.6 Å². The van der Waals surface area contributed by atoms with E-state index in [4.69, 9.17) is 0 Å². The van der Waals surface area contributed by atoms with Gasteiger partial charge < -0.3 is 10.6 Å². The standard InChI is InChI=1S/C15H24N6O/c1-12-14(13(2)20(3)19-12)6-9-17-15(22)16-7-4-10-21-11-5-8-18-21/h5,8,11H,4,6-7,9-10H2,1-3H3,(H2,16,17,22). The third kappa shape index (κ3) is 4.34. The minimum atomic E-state index is -0.125. The molecule has 7 nitrogen and oxygen atoms in total. The quantitative estimate of drug-likeness (QED) is 0.754. The number of carbonyl (C=O) groups is 1. The molecule has 2 aromatic rings. The third-order valence-electron chi connectivity index (χ3n) is 3.73. The molecular weight excluding hydrogens is 280 g/mol. The zero-order valence-corrected chi connectivity index (χ0v) is 13.5. The lowest BCUT2D eigenvalue weighted by molar-refractivity contribution is 0.240. The zero-order chi connectivity index (χ0) is 15.9. The highest BCUT2D eigenvalue weighted by Gasteiger charge is 2.09. The average Bonchev–Trinajstić information content (AvgIpc) is 3.07. The molecule has 0 bridgehead atoms. The van der Waals surface area contributed by atoms with Crippen molar-refractivity contribution in [2.24, 2.45) is 7.05 Å². The summed E-state index contributed by atoms with van der Waals surface area (Å²) in [7, 11) is 1.94. The molecule has 22 heavy (non-hydrogen) atoms. The third-order valence-corrected chi connectivity index (χ3v) is 3.73. The minimum absolute atomic E-state index is 0.125. The van der Waals surface area contributed by atoms with Gasteiger partial charge in [-0.1, -0.05) is 0 Å². The molecule has 0 spiro atoms. The van der Waals surface area contributed by atoms with E-state index in [0.717, 1.165) is 30.8 Å². The number of rotatable bonds is 7. The van der Waals surface area contributed by atoms with Crippen molar-refractivity contribution in [1.29, 1.82) is 0 Å². The van der Waals surface area contributed by atoms with Gasteiger partial charge in [-0.15, -0.1) is 0 Å². The number of carbonyl (C=O) groups excluding carboxylic acids is 1. The van der Waals surface area contributed by atoms with E-state index in [2.05, 4.69) is 20.8 Å². The summed E-state index contributed by atoms with van der Waals surface area (Å²) in [4.78, 5) is 11.7. The summed E-state index contributed by atoms with van der Waals surface area (Å²) in [6, 6.07) is 1.77. The van der Waals surface area contributed by atoms with E-state index in [0.29, 0.717) is 13.1 Å². The molecule has 120 valence electrons. The number of nitrogens with one attached hydrogen (secondary N) is 2. The van der Waals surface area contributed by atoms with Crippen LogP contribution in [0.4, 0.5) is 4.79 Å². The Kier molecular flexibility index (Phi) is 5.57. The summed E-state index contributed by atoms with van der Waals surface area (Å²) in [5.41, 5.74) is 3.39. The van der Waals surface area contributed by atoms with Gasteiger partial charge in [0.2, 0.25) is 0 Å². The van der Waals surface area contributed by atoms with Crippen LogP contribution in [0.3, 0.4) is 0 Å². The van der Waals surface area contributed by atoms with E-state index in [1.165, 1.54) is 5.56 Å². The van der Waals surface area contributed by atoms with Crippen LogP contribution in [-0.2, 0) is 20.0 Å². The number of urea groups is 1. The van der Waals surface area contributed by atoms with Gasteiger partial charge in [-0.2, -0.15) is 10.2 Å². The second-order valence-electron chi connectivity index (χ2n) is 5.33. The first-order valence-electron chi connectivity index (χ1n) is 7.56. The van der Waals surface area contributed by atoms with Gasteiger partial charge in [0.1, 0.15) is 0 Å². The topological polar surface area (TPSA) is 76.8 Å². The molecule has 0 saturated heterocycles. The number of hydrogen-bond acceptors (Lipinski definition) is 3. The summed E-state index contributed by atoms with van der Waals surface area (Å²) < 4.78 is 3.73. The van der Waals surface area contributed by atoms with Crippen molar-refractivity contribution in [1.82, 2.24) is 30.2 Å². The fourth-order valence-electron chi connectivity index (χ4n) is 2.42. The van der Waals surface area contributed by atoms with Crippen LogP contribution in [-0.4, -0.2) is 38.7 Å².